The average molecular weight is 242 g/mol. The van der Waals surface area contributed by atoms with Gasteiger partial charge in [-0.1, -0.05) is 54.1 Å². The van der Waals surface area contributed by atoms with Crippen LogP contribution in [0.15, 0.2) is 48.5 Å². The number of aryl methyl sites for hydroxylation is 1. The molecule has 0 aliphatic rings. The normalized spacial score (nSPS) is 12.4. The van der Waals surface area contributed by atoms with Crippen LogP contribution in [0.4, 0.5) is 0 Å². The van der Waals surface area contributed by atoms with Crippen molar-refractivity contribution in [1.29, 1.82) is 0 Å². The fourth-order valence-electron chi connectivity index (χ4n) is 2.05. The molecule has 0 radical (unpaired) electrons. The zero-order chi connectivity index (χ0) is 13.0. The number of methoxy groups -OCH3 is 1. The molecule has 0 heterocycles. The van der Waals surface area contributed by atoms with E-state index in [-0.39, 0.29) is 0 Å². The molecule has 0 saturated heterocycles. The first-order valence-electron chi connectivity index (χ1n) is 6.03. The van der Waals surface area contributed by atoms with Gasteiger partial charge in [-0.2, -0.15) is 0 Å². The van der Waals surface area contributed by atoms with Gasteiger partial charge in [-0.05, 0) is 23.6 Å². The number of hydrogen-bond acceptors (Lipinski definition) is 2. The SMILES string of the molecule is COCc1cccc(C(O)c2cccc(C)c2)c1. The lowest BCUT2D eigenvalue weighted by Crippen LogP contribution is -2.01. The Morgan fingerprint density at radius 1 is 1.06 bits per heavy atom. The molecule has 18 heavy (non-hydrogen) atoms. The summed E-state index contributed by atoms with van der Waals surface area (Å²) in [4.78, 5) is 0. The van der Waals surface area contributed by atoms with Gasteiger partial charge in [0.05, 0.1) is 6.61 Å². The summed E-state index contributed by atoms with van der Waals surface area (Å²) in [5.74, 6) is 0. The van der Waals surface area contributed by atoms with Crippen molar-refractivity contribution in [3.8, 4) is 0 Å². The Kier molecular flexibility index (Phi) is 4.13. The van der Waals surface area contributed by atoms with Gasteiger partial charge in [-0.3, -0.25) is 0 Å². The van der Waals surface area contributed by atoms with Crippen LogP contribution in [-0.4, -0.2) is 12.2 Å². The maximum atomic E-state index is 10.4. The second kappa shape index (κ2) is 5.80. The lowest BCUT2D eigenvalue weighted by molar-refractivity contribution is 0.184. The minimum Gasteiger partial charge on any atom is -0.384 e. The van der Waals surface area contributed by atoms with E-state index >= 15 is 0 Å². The highest BCUT2D eigenvalue weighted by Crippen LogP contribution is 2.23. The molecule has 0 bridgehead atoms. The van der Waals surface area contributed by atoms with Crippen molar-refractivity contribution >= 4 is 0 Å². The maximum absolute atomic E-state index is 10.4. The summed E-state index contributed by atoms with van der Waals surface area (Å²) in [6.07, 6.45) is -0.582. The minimum atomic E-state index is -0.582. The van der Waals surface area contributed by atoms with Crippen molar-refractivity contribution in [2.24, 2.45) is 0 Å². The van der Waals surface area contributed by atoms with E-state index in [1.807, 2.05) is 55.5 Å². The molecule has 0 spiro atoms. The largest absolute Gasteiger partial charge is 0.384 e. The number of benzene rings is 2. The van der Waals surface area contributed by atoms with E-state index in [9.17, 15) is 5.11 Å². The van der Waals surface area contributed by atoms with Crippen molar-refractivity contribution in [1.82, 2.24) is 0 Å². The van der Waals surface area contributed by atoms with Crippen LogP contribution in [0.2, 0.25) is 0 Å². The molecule has 94 valence electrons. The molecule has 2 aromatic rings. The van der Waals surface area contributed by atoms with E-state index in [0.717, 1.165) is 22.3 Å². The average Bonchev–Trinajstić information content (AvgIpc) is 2.39. The Labute approximate surface area is 108 Å². The summed E-state index contributed by atoms with van der Waals surface area (Å²) in [5.41, 5.74) is 4.04. The van der Waals surface area contributed by atoms with Crippen LogP contribution in [0.5, 0.6) is 0 Å². The predicted octanol–water partition coefficient (Wildman–Crippen LogP) is 3.22. The monoisotopic (exact) mass is 242 g/mol. The van der Waals surface area contributed by atoms with Crippen molar-refractivity contribution in [3.63, 3.8) is 0 Å². The highest BCUT2D eigenvalue weighted by atomic mass is 16.5. The van der Waals surface area contributed by atoms with Crippen LogP contribution in [-0.2, 0) is 11.3 Å². The van der Waals surface area contributed by atoms with E-state index in [1.54, 1.807) is 7.11 Å². The van der Waals surface area contributed by atoms with E-state index in [0.29, 0.717) is 6.61 Å². The molecule has 1 atom stereocenters. The molecular weight excluding hydrogens is 224 g/mol. The zero-order valence-electron chi connectivity index (χ0n) is 10.8. The van der Waals surface area contributed by atoms with Gasteiger partial charge in [-0.25, -0.2) is 0 Å². The van der Waals surface area contributed by atoms with Crippen LogP contribution >= 0.6 is 0 Å². The molecule has 0 aliphatic heterocycles. The van der Waals surface area contributed by atoms with Gasteiger partial charge in [0, 0.05) is 7.11 Å². The Morgan fingerprint density at radius 2 is 1.72 bits per heavy atom. The van der Waals surface area contributed by atoms with Crippen molar-refractivity contribution in [2.45, 2.75) is 19.6 Å². The number of rotatable bonds is 4. The van der Waals surface area contributed by atoms with Gasteiger partial charge in [0.2, 0.25) is 0 Å². The van der Waals surface area contributed by atoms with Crippen LogP contribution in [0.1, 0.15) is 28.4 Å². The standard InChI is InChI=1S/C16H18O2/c1-12-5-3-7-14(9-12)16(17)15-8-4-6-13(10-15)11-18-2/h3-10,16-17H,11H2,1-2H3. The second-order valence-corrected chi connectivity index (χ2v) is 4.49. The van der Waals surface area contributed by atoms with Gasteiger partial charge in [0.15, 0.2) is 0 Å². The second-order valence-electron chi connectivity index (χ2n) is 4.49. The predicted molar refractivity (Wildman–Crippen MR) is 72.4 cm³/mol. The van der Waals surface area contributed by atoms with E-state index < -0.39 is 6.10 Å². The molecule has 1 unspecified atom stereocenters. The van der Waals surface area contributed by atoms with Crippen LogP contribution in [0.25, 0.3) is 0 Å². The van der Waals surface area contributed by atoms with Crippen LogP contribution < -0.4 is 0 Å². The Hall–Kier alpha value is -1.64. The molecule has 0 aromatic heterocycles. The molecule has 0 amide bonds. The Morgan fingerprint density at radius 3 is 2.39 bits per heavy atom. The molecule has 2 aromatic carbocycles. The topological polar surface area (TPSA) is 29.5 Å². The summed E-state index contributed by atoms with van der Waals surface area (Å²) in [7, 11) is 1.67. The molecule has 0 aliphatic carbocycles. The van der Waals surface area contributed by atoms with Gasteiger partial charge >= 0.3 is 0 Å². The highest BCUT2D eigenvalue weighted by molar-refractivity contribution is 5.34. The quantitative estimate of drug-likeness (QED) is 0.892. The summed E-state index contributed by atoms with van der Waals surface area (Å²) in [6.45, 7) is 2.59. The molecule has 0 saturated carbocycles. The summed E-state index contributed by atoms with van der Waals surface area (Å²) < 4.78 is 5.11. The van der Waals surface area contributed by atoms with E-state index in [4.69, 9.17) is 4.74 Å². The van der Waals surface area contributed by atoms with Gasteiger partial charge in [0.1, 0.15) is 6.10 Å². The number of hydrogen-bond donors (Lipinski definition) is 1. The summed E-state index contributed by atoms with van der Waals surface area (Å²) >= 11 is 0. The number of aliphatic hydroxyl groups excluding tert-OH is 1. The van der Waals surface area contributed by atoms with Crippen LogP contribution in [0, 0.1) is 6.92 Å². The number of aliphatic hydroxyl groups is 1. The molecule has 1 N–H and O–H groups in total. The third-order valence-electron chi connectivity index (χ3n) is 2.94. The minimum absolute atomic E-state index is 0.564. The lowest BCUT2D eigenvalue weighted by Gasteiger charge is -2.13. The Balaban J connectivity index is 2.27. The first-order valence-corrected chi connectivity index (χ1v) is 6.03. The smallest absolute Gasteiger partial charge is 0.104 e. The van der Waals surface area contributed by atoms with E-state index in [1.165, 1.54) is 0 Å². The highest BCUT2D eigenvalue weighted by Gasteiger charge is 2.10. The van der Waals surface area contributed by atoms with Gasteiger partial charge in [0.25, 0.3) is 0 Å². The zero-order valence-corrected chi connectivity index (χ0v) is 10.8. The molecule has 2 heteroatoms. The van der Waals surface area contributed by atoms with Crippen molar-refractivity contribution in [3.05, 3.63) is 70.8 Å². The fraction of sp³-hybridized carbons (Fsp3) is 0.250. The maximum Gasteiger partial charge on any atom is 0.104 e. The van der Waals surface area contributed by atoms with Crippen LogP contribution in [0.3, 0.4) is 0 Å². The van der Waals surface area contributed by atoms with E-state index in [2.05, 4.69) is 0 Å². The first-order chi connectivity index (χ1) is 8.70. The molecule has 0 fully saturated rings. The fourth-order valence-corrected chi connectivity index (χ4v) is 2.05. The molecule has 2 rings (SSSR count). The van der Waals surface area contributed by atoms with Crippen molar-refractivity contribution < 1.29 is 9.84 Å². The lowest BCUT2D eigenvalue weighted by atomic mass is 9.99. The molecule has 2 nitrogen and oxygen atoms in total. The van der Waals surface area contributed by atoms with Gasteiger partial charge < -0.3 is 9.84 Å². The van der Waals surface area contributed by atoms with Gasteiger partial charge in [-0.15, -0.1) is 0 Å². The third kappa shape index (κ3) is 2.97. The molecular formula is C16H18O2. The number of ether oxygens (including phenoxy) is 1. The summed E-state index contributed by atoms with van der Waals surface area (Å²) in [5, 5.41) is 10.4. The first kappa shape index (κ1) is 12.8. The Bertz CT molecular complexity index is 520. The van der Waals surface area contributed by atoms with Crippen molar-refractivity contribution in [2.75, 3.05) is 7.11 Å². The third-order valence-corrected chi connectivity index (χ3v) is 2.94. The summed E-state index contributed by atoms with van der Waals surface area (Å²) in [6, 6.07) is 15.8.